The third-order valence-corrected chi connectivity index (χ3v) is 8.64. The summed E-state index contributed by atoms with van der Waals surface area (Å²) < 4.78 is 5.72. The van der Waals surface area contributed by atoms with Crippen molar-refractivity contribution >= 4 is 11.8 Å². The molecule has 0 N–H and O–H groups in total. The third kappa shape index (κ3) is 2.29. The van der Waals surface area contributed by atoms with Gasteiger partial charge in [-0.25, -0.2) is 0 Å². The van der Waals surface area contributed by atoms with Crippen LogP contribution in [0.5, 0.6) is 0 Å². The van der Waals surface area contributed by atoms with E-state index in [1.165, 1.54) is 25.7 Å². The largest absolute Gasteiger partial charge is 0.462 e. The van der Waals surface area contributed by atoms with Gasteiger partial charge in [-0.15, -0.1) is 0 Å². The van der Waals surface area contributed by atoms with Crippen LogP contribution >= 0.6 is 0 Å². The number of rotatable bonds is 1. The van der Waals surface area contributed by atoms with Gasteiger partial charge in [-0.3, -0.25) is 9.59 Å². The highest BCUT2D eigenvalue weighted by molar-refractivity contribution is 5.80. The van der Waals surface area contributed by atoms with Gasteiger partial charge in [0.25, 0.3) is 0 Å². The maximum atomic E-state index is 12.2. The molecule has 0 aromatic heterocycles. The van der Waals surface area contributed by atoms with Crippen LogP contribution in [0.1, 0.15) is 78.6 Å². The summed E-state index contributed by atoms with van der Waals surface area (Å²) in [7, 11) is 0. The summed E-state index contributed by atoms with van der Waals surface area (Å²) >= 11 is 0. The van der Waals surface area contributed by atoms with Crippen LogP contribution in [0.4, 0.5) is 0 Å². The van der Waals surface area contributed by atoms with Crippen molar-refractivity contribution in [2.24, 2.45) is 34.5 Å². The molecule has 0 radical (unpaired) electrons. The molecule has 3 heteroatoms. The number of hydrogen-bond donors (Lipinski definition) is 0. The Kier molecular flexibility index (Phi) is 3.85. The van der Waals surface area contributed by atoms with Crippen LogP contribution in [0, 0.1) is 34.5 Å². The van der Waals surface area contributed by atoms with Crippen molar-refractivity contribution in [3.63, 3.8) is 0 Å². The van der Waals surface area contributed by atoms with Gasteiger partial charge < -0.3 is 4.74 Å². The summed E-state index contributed by atoms with van der Waals surface area (Å²) in [6, 6.07) is 0. The van der Waals surface area contributed by atoms with Crippen LogP contribution in [0.15, 0.2) is 0 Å². The van der Waals surface area contributed by atoms with Gasteiger partial charge in [0, 0.05) is 25.2 Å². The lowest BCUT2D eigenvalue weighted by atomic mass is 9.45. The van der Waals surface area contributed by atoms with E-state index in [9.17, 15) is 9.59 Å². The minimum Gasteiger partial charge on any atom is -0.462 e. The van der Waals surface area contributed by atoms with Gasteiger partial charge in [-0.2, -0.15) is 0 Å². The molecule has 4 aliphatic carbocycles. The van der Waals surface area contributed by atoms with E-state index in [2.05, 4.69) is 13.8 Å². The number of ether oxygens (including phenoxy) is 1. The summed E-state index contributed by atoms with van der Waals surface area (Å²) in [6.07, 6.45) is 10.1. The van der Waals surface area contributed by atoms with E-state index >= 15 is 0 Å². The average Bonchev–Trinajstić information content (AvgIpc) is 2.82. The Bertz CT molecular complexity index is 555. The Balaban J connectivity index is 1.60. The molecule has 4 fully saturated rings. The van der Waals surface area contributed by atoms with E-state index in [0.717, 1.165) is 43.9 Å². The predicted molar refractivity (Wildman–Crippen MR) is 92.3 cm³/mol. The zero-order chi connectivity index (χ0) is 17.1. The van der Waals surface area contributed by atoms with Crippen molar-refractivity contribution in [2.45, 2.75) is 84.7 Å². The average molecular weight is 332 g/mol. The number of carbonyl (C=O) groups is 2. The van der Waals surface area contributed by atoms with Gasteiger partial charge in [0.1, 0.15) is 11.9 Å². The Labute approximate surface area is 145 Å². The lowest BCUT2D eigenvalue weighted by Crippen LogP contribution is -2.54. The van der Waals surface area contributed by atoms with E-state index in [1.54, 1.807) is 6.92 Å². The SMILES string of the molecule is CC(=O)OC1CC[C@H]2[C@@H]3CCC4CCC(=O)C[C@]4(C)[C@H]3CC[C@]12C. The van der Waals surface area contributed by atoms with Gasteiger partial charge in [-0.05, 0) is 74.0 Å². The molecule has 2 unspecified atom stereocenters. The number of esters is 1. The molecule has 0 spiro atoms. The number of Topliss-reactive ketones (excluding diaryl/α,β-unsaturated/α-hetero) is 1. The summed E-state index contributed by atoms with van der Waals surface area (Å²) in [6.45, 7) is 6.34. The Morgan fingerprint density at radius 3 is 2.50 bits per heavy atom. The number of carbonyl (C=O) groups excluding carboxylic acids is 2. The van der Waals surface area contributed by atoms with Crippen LogP contribution < -0.4 is 0 Å². The van der Waals surface area contributed by atoms with Crippen LogP contribution in [0.25, 0.3) is 0 Å². The number of ketones is 1. The topological polar surface area (TPSA) is 43.4 Å². The monoisotopic (exact) mass is 332 g/mol. The quantitative estimate of drug-likeness (QED) is 0.663. The zero-order valence-electron chi connectivity index (χ0n) is 15.5. The second-order valence-corrected chi connectivity index (χ2v) is 9.63. The fourth-order valence-corrected chi connectivity index (χ4v) is 7.48. The summed E-state index contributed by atoms with van der Waals surface area (Å²) in [5, 5.41) is 0. The first-order valence-electron chi connectivity index (χ1n) is 10.0. The first-order chi connectivity index (χ1) is 11.3. The smallest absolute Gasteiger partial charge is 0.302 e. The Hall–Kier alpha value is -0.860. The standard InChI is InChI=1S/C21H32O3/c1-13(22)24-19-9-8-17-16-7-5-14-4-6-15(23)12-21(14,3)18(16)10-11-20(17,19)2/h14,16-19H,4-12H2,1-3H3/t14?,16-,17-,18-,19?,20-,21-/m0/s1. The number of hydrogen-bond acceptors (Lipinski definition) is 3. The third-order valence-electron chi connectivity index (χ3n) is 8.64. The van der Waals surface area contributed by atoms with Crippen LogP contribution in [0.2, 0.25) is 0 Å². The molecule has 4 aliphatic rings. The van der Waals surface area contributed by atoms with Gasteiger partial charge >= 0.3 is 5.97 Å². The van der Waals surface area contributed by atoms with Crippen LogP contribution in [0.3, 0.4) is 0 Å². The molecule has 0 bridgehead atoms. The van der Waals surface area contributed by atoms with Gasteiger partial charge in [0.2, 0.25) is 0 Å². The molecule has 4 saturated carbocycles. The van der Waals surface area contributed by atoms with Crippen LogP contribution in [-0.4, -0.2) is 17.9 Å². The zero-order valence-corrected chi connectivity index (χ0v) is 15.5. The highest BCUT2D eigenvalue weighted by Crippen LogP contribution is 2.66. The van der Waals surface area contributed by atoms with Crippen molar-refractivity contribution in [1.82, 2.24) is 0 Å². The summed E-state index contributed by atoms with van der Waals surface area (Å²) in [5.41, 5.74) is 0.397. The maximum absolute atomic E-state index is 12.2. The van der Waals surface area contributed by atoms with E-state index < -0.39 is 0 Å². The van der Waals surface area contributed by atoms with Crippen molar-refractivity contribution in [3.8, 4) is 0 Å². The molecule has 0 amide bonds. The lowest BCUT2D eigenvalue weighted by Gasteiger charge is -2.59. The van der Waals surface area contributed by atoms with E-state index in [-0.39, 0.29) is 22.9 Å². The molecule has 0 aliphatic heterocycles. The highest BCUT2D eigenvalue weighted by Gasteiger charge is 2.61. The fourth-order valence-electron chi connectivity index (χ4n) is 7.48. The molecule has 0 saturated heterocycles. The Morgan fingerprint density at radius 2 is 1.75 bits per heavy atom. The van der Waals surface area contributed by atoms with E-state index in [4.69, 9.17) is 4.74 Å². The van der Waals surface area contributed by atoms with E-state index in [0.29, 0.717) is 17.6 Å². The van der Waals surface area contributed by atoms with Crippen molar-refractivity contribution in [3.05, 3.63) is 0 Å². The number of fused-ring (bicyclic) bond motifs is 5. The lowest BCUT2D eigenvalue weighted by molar-refractivity contribution is -0.163. The molecule has 4 rings (SSSR count). The first kappa shape index (κ1) is 16.6. The second-order valence-electron chi connectivity index (χ2n) is 9.63. The molecule has 3 nitrogen and oxygen atoms in total. The van der Waals surface area contributed by atoms with Crippen LogP contribution in [-0.2, 0) is 14.3 Å². The first-order valence-corrected chi connectivity index (χ1v) is 10.0. The molecule has 0 heterocycles. The normalized spacial score (nSPS) is 50.6. The predicted octanol–water partition coefficient (Wildman–Crippen LogP) is 4.53. The summed E-state index contributed by atoms with van der Waals surface area (Å²) in [4.78, 5) is 23.7. The van der Waals surface area contributed by atoms with E-state index in [1.807, 2.05) is 0 Å². The molecule has 7 atom stereocenters. The van der Waals surface area contributed by atoms with Crippen molar-refractivity contribution in [1.29, 1.82) is 0 Å². The molecule has 24 heavy (non-hydrogen) atoms. The second kappa shape index (κ2) is 5.57. The maximum Gasteiger partial charge on any atom is 0.302 e. The molecule has 0 aromatic rings. The molecule has 0 aromatic carbocycles. The highest BCUT2D eigenvalue weighted by atomic mass is 16.5. The fraction of sp³-hybridized carbons (Fsp3) is 0.905. The molecule has 134 valence electrons. The van der Waals surface area contributed by atoms with Gasteiger partial charge in [0.05, 0.1) is 0 Å². The molecular formula is C21H32O3. The van der Waals surface area contributed by atoms with Crippen molar-refractivity contribution < 1.29 is 14.3 Å². The van der Waals surface area contributed by atoms with Crippen molar-refractivity contribution in [2.75, 3.05) is 0 Å². The molecular weight excluding hydrogens is 300 g/mol. The minimum absolute atomic E-state index is 0.111. The minimum atomic E-state index is -0.127. The van der Waals surface area contributed by atoms with Gasteiger partial charge in [0.15, 0.2) is 0 Å². The summed E-state index contributed by atoms with van der Waals surface area (Å²) in [5.74, 6) is 3.23. The van der Waals surface area contributed by atoms with Gasteiger partial charge in [-0.1, -0.05) is 13.8 Å². The Morgan fingerprint density at radius 1 is 1.00 bits per heavy atom.